The SMILES string of the molecule is Cc1ccc2c(N)c(C(=O)NC3CCS(=O)(=O)C3)sc2c1. The second-order valence-corrected chi connectivity index (χ2v) is 8.70. The standard InChI is InChI=1S/C14H16N2O3S2/c1-8-2-3-10-11(6-8)20-13(12(10)15)14(17)16-9-4-5-21(18,19)7-9/h2-3,6,9H,4-5,7,15H2,1H3,(H,16,17). The summed E-state index contributed by atoms with van der Waals surface area (Å²) in [4.78, 5) is 12.8. The number of aryl methyl sites for hydroxylation is 1. The lowest BCUT2D eigenvalue weighted by atomic mass is 10.1. The molecule has 2 aromatic rings. The number of benzene rings is 1. The maximum absolute atomic E-state index is 12.3. The van der Waals surface area contributed by atoms with E-state index in [2.05, 4.69) is 5.32 Å². The van der Waals surface area contributed by atoms with Crippen molar-refractivity contribution >= 4 is 42.9 Å². The van der Waals surface area contributed by atoms with Gasteiger partial charge in [0, 0.05) is 16.1 Å². The second-order valence-electron chi connectivity index (χ2n) is 5.42. The van der Waals surface area contributed by atoms with Gasteiger partial charge in [-0.2, -0.15) is 0 Å². The molecule has 0 bridgehead atoms. The number of carbonyl (C=O) groups is 1. The van der Waals surface area contributed by atoms with E-state index >= 15 is 0 Å². The van der Waals surface area contributed by atoms with Gasteiger partial charge in [-0.05, 0) is 25.0 Å². The molecule has 3 N–H and O–H groups in total. The first-order valence-corrected chi connectivity index (χ1v) is 9.29. The van der Waals surface area contributed by atoms with Crippen molar-refractivity contribution in [2.75, 3.05) is 17.2 Å². The number of carbonyl (C=O) groups excluding carboxylic acids is 1. The van der Waals surface area contributed by atoms with Crippen LogP contribution in [0.5, 0.6) is 0 Å². The molecule has 0 aliphatic carbocycles. The molecule has 1 aromatic heterocycles. The number of hydrogen-bond acceptors (Lipinski definition) is 5. The maximum Gasteiger partial charge on any atom is 0.263 e. The van der Waals surface area contributed by atoms with Crippen molar-refractivity contribution in [2.24, 2.45) is 0 Å². The lowest BCUT2D eigenvalue weighted by Crippen LogP contribution is -2.35. The van der Waals surface area contributed by atoms with E-state index in [0.29, 0.717) is 17.0 Å². The van der Waals surface area contributed by atoms with Crippen molar-refractivity contribution in [3.8, 4) is 0 Å². The fourth-order valence-electron chi connectivity index (χ4n) is 2.55. The van der Waals surface area contributed by atoms with Gasteiger partial charge in [0.25, 0.3) is 5.91 Å². The normalized spacial score (nSPS) is 20.7. The van der Waals surface area contributed by atoms with E-state index in [-0.39, 0.29) is 23.5 Å². The lowest BCUT2D eigenvalue weighted by Gasteiger charge is -2.09. The van der Waals surface area contributed by atoms with Crippen molar-refractivity contribution < 1.29 is 13.2 Å². The molecule has 1 saturated heterocycles. The zero-order valence-corrected chi connectivity index (χ0v) is 13.2. The lowest BCUT2D eigenvalue weighted by molar-refractivity contribution is 0.0946. The summed E-state index contributed by atoms with van der Waals surface area (Å²) in [5.74, 6) is -0.129. The number of nitrogens with two attached hydrogens (primary N) is 1. The van der Waals surface area contributed by atoms with Crippen molar-refractivity contribution in [2.45, 2.75) is 19.4 Å². The molecule has 0 spiro atoms. The first kappa shape index (κ1) is 14.3. The Morgan fingerprint density at radius 2 is 2.19 bits per heavy atom. The Labute approximate surface area is 127 Å². The Morgan fingerprint density at radius 3 is 2.86 bits per heavy atom. The summed E-state index contributed by atoms with van der Waals surface area (Å²) in [5.41, 5.74) is 7.62. The largest absolute Gasteiger partial charge is 0.397 e. The number of hydrogen-bond donors (Lipinski definition) is 2. The van der Waals surface area contributed by atoms with Gasteiger partial charge in [-0.25, -0.2) is 8.42 Å². The van der Waals surface area contributed by atoms with Crippen LogP contribution in [0.25, 0.3) is 10.1 Å². The molecule has 1 unspecified atom stereocenters. The number of nitrogen functional groups attached to an aromatic ring is 1. The molecule has 0 radical (unpaired) electrons. The van der Waals surface area contributed by atoms with Crippen LogP contribution in [0, 0.1) is 6.92 Å². The van der Waals surface area contributed by atoms with Gasteiger partial charge in [-0.1, -0.05) is 12.1 Å². The van der Waals surface area contributed by atoms with E-state index in [4.69, 9.17) is 5.73 Å². The molecule has 7 heteroatoms. The smallest absolute Gasteiger partial charge is 0.263 e. The number of nitrogens with one attached hydrogen (secondary N) is 1. The topological polar surface area (TPSA) is 89.3 Å². The van der Waals surface area contributed by atoms with Gasteiger partial charge in [-0.3, -0.25) is 4.79 Å². The third-order valence-corrected chi connectivity index (χ3v) is 6.59. The fraction of sp³-hybridized carbons (Fsp3) is 0.357. The van der Waals surface area contributed by atoms with Crippen LogP contribution in [0.4, 0.5) is 5.69 Å². The van der Waals surface area contributed by atoms with E-state index in [1.165, 1.54) is 11.3 Å². The zero-order chi connectivity index (χ0) is 15.2. The summed E-state index contributed by atoms with van der Waals surface area (Å²) in [6, 6.07) is 5.55. The van der Waals surface area contributed by atoms with Gasteiger partial charge in [-0.15, -0.1) is 11.3 Å². The average Bonchev–Trinajstić information content (AvgIpc) is 2.90. The average molecular weight is 324 g/mol. The first-order chi connectivity index (χ1) is 9.85. The summed E-state index contributed by atoms with van der Waals surface area (Å²) in [7, 11) is -3.01. The van der Waals surface area contributed by atoms with Crippen molar-refractivity contribution in [1.82, 2.24) is 5.32 Å². The Hall–Kier alpha value is -1.60. The highest BCUT2D eigenvalue weighted by Crippen LogP contribution is 2.34. The van der Waals surface area contributed by atoms with Crippen LogP contribution in [0.15, 0.2) is 18.2 Å². The second kappa shape index (κ2) is 4.99. The minimum atomic E-state index is -3.01. The number of rotatable bonds is 2. The van der Waals surface area contributed by atoms with Crippen molar-refractivity contribution in [1.29, 1.82) is 0 Å². The highest BCUT2D eigenvalue weighted by atomic mass is 32.2. The maximum atomic E-state index is 12.3. The Balaban J connectivity index is 1.87. The third-order valence-electron chi connectivity index (χ3n) is 3.66. The van der Waals surface area contributed by atoms with E-state index in [9.17, 15) is 13.2 Å². The number of anilines is 1. The number of thiophene rings is 1. The predicted octanol–water partition coefficient (Wildman–Crippen LogP) is 1.71. The highest BCUT2D eigenvalue weighted by Gasteiger charge is 2.30. The van der Waals surface area contributed by atoms with Gasteiger partial charge in [0.05, 0.1) is 17.2 Å². The molecule has 1 aliphatic heterocycles. The molecule has 112 valence electrons. The van der Waals surface area contributed by atoms with Gasteiger partial charge in [0.1, 0.15) is 4.88 Å². The Kier molecular flexibility index (Phi) is 3.41. The molecule has 1 fully saturated rings. The summed E-state index contributed by atoms with van der Waals surface area (Å²) < 4.78 is 23.8. The molecule has 3 rings (SSSR count). The first-order valence-electron chi connectivity index (χ1n) is 6.65. The fourth-order valence-corrected chi connectivity index (χ4v) is 5.35. The number of fused-ring (bicyclic) bond motifs is 1. The quantitative estimate of drug-likeness (QED) is 0.880. The molecular formula is C14H16N2O3S2. The van der Waals surface area contributed by atoms with Crippen LogP contribution in [0.3, 0.4) is 0 Å². The Morgan fingerprint density at radius 1 is 1.43 bits per heavy atom. The van der Waals surface area contributed by atoms with Gasteiger partial charge in [0.15, 0.2) is 9.84 Å². The number of amides is 1. The van der Waals surface area contributed by atoms with Crippen LogP contribution in [-0.4, -0.2) is 31.9 Å². The molecule has 1 aliphatic rings. The van der Waals surface area contributed by atoms with E-state index in [1.807, 2.05) is 25.1 Å². The predicted molar refractivity (Wildman–Crippen MR) is 85.5 cm³/mol. The molecule has 0 saturated carbocycles. The minimum Gasteiger partial charge on any atom is -0.397 e. The molecule has 5 nitrogen and oxygen atoms in total. The van der Waals surface area contributed by atoms with Crippen molar-refractivity contribution in [3.63, 3.8) is 0 Å². The number of sulfone groups is 1. The molecular weight excluding hydrogens is 308 g/mol. The Bertz CT molecular complexity index is 824. The molecule has 21 heavy (non-hydrogen) atoms. The van der Waals surface area contributed by atoms with Gasteiger partial charge >= 0.3 is 0 Å². The third kappa shape index (κ3) is 2.75. The molecule has 1 atom stereocenters. The summed E-state index contributed by atoms with van der Waals surface area (Å²) >= 11 is 1.34. The van der Waals surface area contributed by atoms with Crippen LogP contribution in [-0.2, 0) is 9.84 Å². The zero-order valence-electron chi connectivity index (χ0n) is 11.5. The highest BCUT2D eigenvalue weighted by molar-refractivity contribution is 7.91. The van der Waals surface area contributed by atoms with Gasteiger partial charge < -0.3 is 11.1 Å². The summed E-state index contributed by atoms with van der Waals surface area (Å²) in [6.07, 6.45) is 0.470. The van der Waals surface area contributed by atoms with Crippen LogP contribution >= 0.6 is 11.3 Å². The van der Waals surface area contributed by atoms with Crippen LogP contribution in [0.2, 0.25) is 0 Å². The minimum absolute atomic E-state index is 0.0165. The van der Waals surface area contributed by atoms with Crippen LogP contribution < -0.4 is 11.1 Å². The van der Waals surface area contributed by atoms with E-state index in [1.54, 1.807) is 0 Å². The molecule has 2 heterocycles. The molecule has 1 amide bonds. The van der Waals surface area contributed by atoms with Crippen LogP contribution in [0.1, 0.15) is 21.7 Å². The van der Waals surface area contributed by atoms with E-state index < -0.39 is 9.84 Å². The van der Waals surface area contributed by atoms with E-state index in [0.717, 1.165) is 15.6 Å². The van der Waals surface area contributed by atoms with Crippen molar-refractivity contribution in [3.05, 3.63) is 28.6 Å². The van der Waals surface area contributed by atoms with Gasteiger partial charge in [0.2, 0.25) is 0 Å². The molecule has 1 aromatic carbocycles. The summed E-state index contributed by atoms with van der Waals surface area (Å²) in [6.45, 7) is 1.98. The monoisotopic (exact) mass is 324 g/mol. The summed E-state index contributed by atoms with van der Waals surface area (Å²) in [5, 5.41) is 3.65.